The highest BCUT2D eigenvalue weighted by Crippen LogP contribution is 2.34. The number of fused-ring (bicyclic) bond motifs is 1. The van der Waals surface area contributed by atoms with Gasteiger partial charge in [0.25, 0.3) is 11.5 Å². The maximum atomic E-state index is 12.8. The monoisotopic (exact) mass is 422 g/mol. The molecule has 0 atom stereocenters. The van der Waals surface area contributed by atoms with Crippen molar-refractivity contribution in [2.24, 2.45) is 0 Å². The SMILES string of the molecule is N#Cc1ccsc1NC(=O)COC(=O)CCc1nc2ccccc2c(=O)n1C1CC1. The summed E-state index contributed by atoms with van der Waals surface area (Å²) in [6, 6.07) is 10.9. The van der Waals surface area contributed by atoms with Gasteiger partial charge < -0.3 is 10.1 Å². The highest BCUT2D eigenvalue weighted by Gasteiger charge is 2.28. The number of aromatic nitrogens is 2. The first kappa shape index (κ1) is 19.8. The van der Waals surface area contributed by atoms with E-state index >= 15 is 0 Å². The van der Waals surface area contributed by atoms with Crippen LogP contribution in [0, 0.1) is 11.3 Å². The molecule has 9 heteroatoms. The molecule has 1 N–H and O–H groups in total. The second-order valence-corrected chi connectivity index (χ2v) is 7.85. The van der Waals surface area contributed by atoms with Crippen LogP contribution in [0.5, 0.6) is 0 Å². The quantitative estimate of drug-likeness (QED) is 0.586. The lowest BCUT2D eigenvalue weighted by atomic mass is 10.2. The molecule has 1 saturated carbocycles. The van der Waals surface area contributed by atoms with Crippen molar-refractivity contribution >= 4 is 39.1 Å². The maximum absolute atomic E-state index is 12.8. The van der Waals surface area contributed by atoms with Gasteiger partial charge in [-0.3, -0.25) is 19.0 Å². The molecule has 8 nitrogen and oxygen atoms in total. The number of hydrogen-bond donors (Lipinski definition) is 1. The number of anilines is 1. The standard InChI is InChI=1S/C21H18N4O4S/c22-11-13-9-10-30-20(13)24-18(26)12-29-19(27)8-7-17-23-16-4-2-1-3-15(16)21(28)25(17)14-5-6-14/h1-4,9-10,14H,5-8,12H2,(H,24,26). The van der Waals surface area contributed by atoms with Crippen molar-refractivity contribution in [2.45, 2.75) is 31.7 Å². The van der Waals surface area contributed by atoms with Crippen molar-refractivity contribution in [1.29, 1.82) is 5.26 Å². The molecule has 2 heterocycles. The number of rotatable bonds is 7. The van der Waals surface area contributed by atoms with Crippen molar-refractivity contribution in [3.63, 3.8) is 0 Å². The molecule has 0 saturated heterocycles. The number of benzene rings is 1. The Labute approximate surface area is 175 Å². The van der Waals surface area contributed by atoms with Gasteiger partial charge in [0, 0.05) is 12.5 Å². The summed E-state index contributed by atoms with van der Waals surface area (Å²) in [7, 11) is 0. The normalized spacial score (nSPS) is 13.0. The number of aryl methyl sites for hydroxylation is 1. The maximum Gasteiger partial charge on any atom is 0.306 e. The van der Waals surface area contributed by atoms with E-state index in [-0.39, 0.29) is 24.4 Å². The molecule has 1 aromatic carbocycles. The van der Waals surface area contributed by atoms with E-state index < -0.39 is 18.5 Å². The molecule has 0 bridgehead atoms. The van der Waals surface area contributed by atoms with Gasteiger partial charge in [0.2, 0.25) is 0 Å². The lowest BCUT2D eigenvalue weighted by molar-refractivity contribution is -0.147. The van der Waals surface area contributed by atoms with Crippen LogP contribution >= 0.6 is 11.3 Å². The van der Waals surface area contributed by atoms with Gasteiger partial charge >= 0.3 is 5.97 Å². The third-order valence-electron chi connectivity index (χ3n) is 4.75. The summed E-state index contributed by atoms with van der Waals surface area (Å²) >= 11 is 1.22. The first-order valence-corrected chi connectivity index (χ1v) is 10.4. The van der Waals surface area contributed by atoms with Crippen LogP contribution in [0.3, 0.4) is 0 Å². The number of esters is 1. The molecule has 1 fully saturated rings. The first-order valence-electron chi connectivity index (χ1n) is 9.50. The fourth-order valence-electron chi connectivity index (χ4n) is 3.17. The summed E-state index contributed by atoms with van der Waals surface area (Å²) < 4.78 is 6.72. The molecule has 0 radical (unpaired) electrons. The number of nitriles is 1. The van der Waals surface area contributed by atoms with Gasteiger partial charge in [0.1, 0.15) is 16.9 Å². The molecule has 4 rings (SSSR count). The van der Waals surface area contributed by atoms with Gasteiger partial charge in [-0.25, -0.2) is 4.98 Å². The highest BCUT2D eigenvalue weighted by atomic mass is 32.1. The summed E-state index contributed by atoms with van der Waals surface area (Å²) in [6.45, 7) is -0.442. The molecule has 0 aliphatic heterocycles. The second kappa shape index (κ2) is 8.47. The summed E-state index contributed by atoms with van der Waals surface area (Å²) in [5, 5.41) is 14.2. The molecule has 3 aromatic rings. The first-order chi connectivity index (χ1) is 14.6. The van der Waals surface area contributed by atoms with Crippen molar-refractivity contribution < 1.29 is 14.3 Å². The Kier molecular flexibility index (Phi) is 5.59. The van der Waals surface area contributed by atoms with Crippen LogP contribution in [-0.2, 0) is 20.7 Å². The number of para-hydroxylation sites is 1. The van der Waals surface area contributed by atoms with Gasteiger partial charge in [-0.15, -0.1) is 11.3 Å². The highest BCUT2D eigenvalue weighted by molar-refractivity contribution is 7.14. The largest absolute Gasteiger partial charge is 0.456 e. The van der Waals surface area contributed by atoms with Crippen LogP contribution in [0.1, 0.15) is 36.7 Å². The second-order valence-electron chi connectivity index (χ2n) is 6.94. The van der Waals surface area contributed by atoms with E-state index in [2.05, 4.69) is 10.3 Å². The van der Waals surface area contributed by atoms with E-state index in [0.29, 0.717) is 27.3 Å². The van der Waals surface area contributed by atoms with Crippen LogP contribution < -0.4 is 10.9 Å². The van der Waals surface area contributed by atoms with Gasteiger partial charge in [-0.05, 0) is 36.4 Å². The summed E-state index contributed by atoms with van der Waals surface area (Å²) in [5.74, 6) is -0.512. The number of hydrogen-bond acceptors (Lipinski definition) is 7. The average molecular weight is 422 g/mol. The minimum absolute atomic E-state index is 0.00717. The molecule has 0 spiro atoms. The molecule has 1 amide bonds. The average Bonchev–Trinajstić information content (AvgIpc) is 3.49. The zero-order chi connectivity index (χ0) is 21.1. The Morgan fingerprint density at radius 2 is 2.10 bits per heavy atom. The Bertz CT molecular complexity index is 1220. The van der Waals surface area contributed by atoms with E-state index in [4.69, 9.17) is 10.00 Å². The zero-order valence-corrected chi connectivity index (χ0v) is 16.8. The third kappa shape index (κ3) is 4.23. The Hall–Kier alpha value is -3.51. The molecule has 30 heavy (non-hydrogen) atoms. The Morgan fingerprint density at radius 1 is 1.30 bits per heavy atom. The molecular formula is C21H18N4O4S. The molecular weight excluding hydrogens is 404 g/mol. The van der Waals surface area contributed by atoms with Crippen molar-refractivity contribution in [2.75, 3.05) is 11.9 Å². The number of nitrogens with zero attached hydrogens (tertiary/aromatic N) is 3. The van der Waals surface area contributed by atoms with Gasteiger partial charge in [0.05, 0.1) is 22.9 Å². The number of ether oxygens (including phenoxy) is 1. The predicted molar refractivity (Wildman–Crippen MR) is 111 cm³/mol. The van der Waals surface area contributed by atoms with E-state index in [1.165, 1.54) is 11.3 Å². The minimum atomic E-state index is -0.554. The van der Waals surface area contributed by atoms with E-state index in [1.807, 2.05) is 12.1 Å². The van der Waals surface area contributed by atoms with Gasteiger partial charge in [-0.2, -0.15) is 5.26 Å². The summed E-state index contributed by atoms with van der Waals surface area (Å²) in [5.41, 5.74) is 0.876. The Morgan fingerprint density at radius 3 is 2.87 bits per heavy atom. The van der Waals surface area contributed by atoms with Crippen LogP contribution in [-0.4, -0.2) is 28.0 Å². The Balaban J connectivity index is 1.38. The summed E-state index contributed by atoms with van der Waals surface area (Å²) in [4.78, 5) is 41.5. The van der Waals surface area contributed by atoms with Crippen LogP contribution in [0.2, 0.25) is 0 Å². The molecule has 2 aromatic heterocycles. The number of amides is 1. The zero-order valence-electron chi connectivity index (χ0n) is 16.0. The van der Waals surface area contributed by atoms with Crippen LogP contribution in [0.15, 0.2) is 40.5 Å². The minimum Gasteiger partial charge on any atom is -0.456 e. The lowest BCUT2D eigenvalue weighted by Crippen LogP contribution is -2.25. The van der Waals surface area contributed by atoms with Gasteiger partial charge in [0.15, 0.2) is 6.61 Å². The lowest BCUT2D eigenvalue weighted by Gasteiger charge is -2.12. The number of carbonyl (C=O) groups excluding carboxylic acids is 2. The molecule has 152 valence electrons. The van der Waals surface area contributed by atoms with E-state index in [9.17, 15) is 14.4 Å². The van der Waals surface area contributed by atoms with Gasteiger partial charge in [-0.1, -0.05) is 12.1 Å². The van der Waals surface area contributed by atoms with Crippen molar-refractivity contribution in [3.8, 4) is 6.07 Å². The van der Waals surface area contributed by atoms with E-state index in [1.54, 1.807) is 34.2 Å². The summed E-state index contributed by atoms with van der Waals surface area (Å²) in [6.07, 6.45) is 2.10. The number of nitrogens with one attached hydrogen (secondary N) is 1. The number of carbonyl (C=O) groups is 2. The third-order valence-corrected chi connectivity index (χ3v) is 5.58. The van der Waals surface area contributed by atoms with Crippen molar-refractivity contribution in [3.05, 3.63) is 57.5 Å². The van der Waals surface area contributed by atoms with Crippen LogP contribution in [0.25, 0.3) is 10.9 Å². The molecule has 1 aliphatic carbocycles. The van der Waals surface area contributed by atoms with Crippen LogP contribution in [0.4, 0.5) is 5.00 Å². The predicted octanol–water partition coefficient (Wildman–Crippen LogP) is 2.78. The fourth-order valence-corrected chi connectivity index (χ4v) is 3.92. The van der Waals surface area contributed by atoms with Crippen molar-refractivity contribution in [1.82, 2.24) is 9.55 Å². The molecule has 0 unspecified atom stereocenters. The van der Waals surface area contributed by atoms with E-state index in [0.717, 1.165) is 12.8 Å². The molecule has 1 aliphatic rings. The fraction of sp³-hybridized carbons (Fsp3) is 0.286. The number of thiophene rings is 1. The topological polar surface area (TPSA) is 114 Å². The smallest absolute Gasteiger partial charge is 0.306 e.